The summed E-state index contributed by atoms with van der Waals surface area (Å²) in [6.45, 7) is 1.85. The van der Waals surface area contributed by atoms with E-state index in [1.165, 1.54) is 5.69 Å². The van der Waals surface area contributed by atoms with Crippen molar-refractivity contribution in [2.75, 3.05) is 18.1 Å². The third-order valence-electron chi connectivity index (χ3n) is 3.23. The lowest BCUT2D eigenvalue weighted by Crippen LogP contribution is -2.37. The lowest BCUT2D eigenvalue weighted by atomic mass is 10.2. The predicted octanol–water partition coefficient (Wildman–Crippen LogP) is 1.80. The minimum absolute atomic E-state index is 0.423. The molecule has 2 saturated heterocycles. The van der Waals surface area contributed by atoms with Gasteiger partial charge in [-0.15, -0.1) is 11.6 Å². The van der Waals surface area contributed by atoms with Gasteiger partial charge in [-0.1, -0.05) is 0 Å². The Labute approximate surface area is 94.0 Å². The average Bonchev–Trinajstić information content (AvgIpc) is 2.90. The Kier molecular flexibility index (Phi) is 2.29. The molecule has 0 aliphatic carbocycles. The highest BCUT2D eigenvalue weighted by Crippen LogP contribution is 2.34. The first-order valence-electron chi connectivity index (χ1n) is 5.25. The van der Waals surface area contributed by atoms with Crippen LogP contribution < -0.4 is 4.90 Å². The molecule has 1 aromatic heterocycles. The van der Waals surface area contributed by atoms with Crippen molar-refractivity contribution in [1.29, 1.82) is 0 Å². The molecule has 0 amide bonds. The summed E-state index contributed by atoms with van der Waals surface area (Å²) in [7, 11) is 0. The number of pyridine rings is 1. The van der Waals surface area contributed by atoms with Gasteiger partial charge in [0, 0.05) is 30.2 Å². The molecule has 3 nitrogen and oxygen atoms in total. The maximum Gasteiger partial charge on any atom is 0.0771 e. The molecule has 2 atom stereocenters. The molecule has 0 saturated carbocycles. The van der Waals surface area contributed by atoms with Gasteiger partial charge in [-0.05, 0) is 12.5 Å². The molecule has 80 valence electrons. The number of nitrogens with zero attached hydrogens (tertiary/aromatic N) is 2. The van der Waals surface area contributed by atoms with E-state index in [1.54, 1.807) is 0 Å². The first kappa shape index (κ1) is 9.43. The third-order valence-corrected chi connectivity index (χ3v) is 3.52. The van der Waals surface area contributed by atoms with Crippen LogP contribution in [0, 0.1) is 0 Å². The van der Waals surface area contributed by atoms with Crippen molar-refractivity contribution < 1.29 is 4.74 Å². The molecule has 0 radical (unpaired) electrons. The molecular weight excluding hydrogens is 212 g/mol. The van der Waals surface area contributed by atoms with Crippen LogP contribution in [0.25, 0.3) is 0 Å². The van der Waals surface area contributed by atoms with Crippen molar-refractivity contribution in [2.24, 2.45) is 0 Å². The molecule has 2 unspecified atom stereocenters. The highest BCUT2D eigenvalue weighted by molar-refractivity contribution is 6.17. The number of aromatic nitrogens is 1. The van der Waals surface area contributed by atoms with Gasteiger partial charge in [0.1, 0.15) is 0 Å². The number of halogens is 1. The molecule has 2 fully saturated rings. The number of fused-ring (bicyclic) bond motifs is 2. The van der Waals surface area contributed by atoms with Gasteiger partial charge >= 0.3 is 0 Å². The first-order valence-corrected chi connectivity index (χ1v) is 5.79. The Morgan fingerprint density at radius 1 is 1.60 bits per heavy atom. The van der Waals surface area contributed by atoms with Crippen molar-refractivity contribution in [1.82, 2.24) is 4.98 Å². The minimum Gasteiger partial charge on any atom is -0.374 e. The molecule has 0 aromatic carbocycles. The largest absolute Gasteiger partial charge is 0.374 e. The van der Waals surface area contributed by atoms with Crippen LogP contribution in [0.4, 0.5) is 5.69 Å². The fourth-order valence-electron chi connectivity index (χ4n) is 2.50. The van der Waals surface area contributed by atoms with Crippen LogP contribution in [0.15, 0.2) is 18.5 Å². The zero-order valence-electron chi connectivity index (χ0n) is 8.40. The summed E-state index contributed by atoms with van der Waals surface area (Å²) in [5, 5.41) is 0. The topological polar surface area (TPSA) is 25.4 Å². The Hall–Kier alpha value is -0.800. The van der Waals surface area contributed by atoms with E-state index >= 15 is 0 Å². The fourth-order valence-corrected chi connectivity index (χ4v) is 2.70. The van der Waals surface area contributed by atoms with Crippen LogP contribution in [0.5, 0.6) is 0 Å². The summed E-state index contributed by atoms with van der Waals surface area (Å²) in [6.07, 6.45) is 5.27. The lowest BCUT2D eigenvalue weighted by molar-refractivity contribution is 0.0991. The van der Waals surface area contributed by atoms with E-state index < -0.39 is 0 Å². The molecule has 2 aliphatic rings. The quantitative estimate of drug-likeness (QED) is 0.717. The van der Waals surface area contributed by atoms with Crippen molar-refractivity contribution in [2.45, 2.75) is 24.4 Å². The zero-order chi connectivity index (χ0) is 10.3. The number of rotatable bonds is 2. The van der Waals surface area contributed by atoms with Crippen LogP contribution >= 0.6 is 11.6 Å². The summed E-state index contributed by atoms with van der Waals surface area (Å²) in [5.74, 6) is 0.526. The van der Waals surface area contributed by atoms with Crippen molar-refractivity contribution in [3.05, 3.63) is 24.0 Å². The Bertz CT molecular complexity index is 371. The monoisotopic (exact) mass is 224 g/mol. The van der Waals surface area contributed by atoms with Crippen LogP contribution in [0.2, 0.25) is 0 Å². The molecule has 4 heteroatoms. The van der Waals surface area contributed by atoms with Gasteiger partial charge in [-0.25, -0.2) is 0 Å². The summed E-state index contributed by atoms with van der Waals surface area (Å²) in [5.41, 5.74) is 2.35. The standard InChI is InChI=1S/C11H13ClN2O/c12-4-8-5-13-2-1-11(8)14-6-10-3-9(14)7-15-10/h1-2,5,9-10H,3-4,6-7H2. The van der Waals surface area contributed by atoms with Gasteiger partial charge in [0.25, 0.3) is 0 Å². The van der Waals surface area contributed by atoms with Crippen molar-refractivity contribution >= 4 is 17.3 Å². The number of ether oxygens (including phenoxy) is 1. The Balaban J connectivity index is 1.92. The van der Waals surface area contributed by atoms with Crippen LogP contribution in [0.1, 0.15) is 12.0 Å². The number of anilines is 1. The summed E-state index contributed by atoms with van der Waals surface area (Å²) in [4.78, 5) is 6.52. The molecule has 2 aliphatic heterocycles. The number of alkyl halides is 1. The highest BCUT2D eigenvalue weighted by Gasteiger charge is 2.39. The molecular formula is C11H13ClN2O. The van der Waals surface area contributed by atoms with Gasteiger partial charge in [-0.3, -0.25) is 4.98 Å². The maximum absolute atomic E-state index is 5.91. The van der Waals surface area contributed by atoms with E-state index in [4.69, 9.17) is 16.3 Å². The normalized spacial score (nSPS) is 28.7. The summed E-state index contributed by atoms with van der Waals surface area (Å²) in [6, 6.07) is 2.60. The van der Waals surface area contributed by atoms with E-state index in [-0.39, 0.29) is 0 Å². The smallest absolute Gasteiger partial charge is 0.0771 e. The number of hydrogen-bond acceptors (Lipinski definition) is 3. The maximum atomic E-state index is 5.91. The van der Waals surface area contributed by atoms with E-state index in [1.807, 2.05) is 12.4 Å². The van der Waals surface area contributed by atoms with E-state index in [0.717, 1.165) is 25.1 Å². The van der Waals surface area contributed by atoms with Gasteiger partial charge in [0.2, 0.25) is 0 Å². The van der Waals surface area contributed by atoms with Gasteiger partial charge in [0.15, 0.2) is 0 Å². The third kappa shape index (κ3) is 1.50. The second-order valence-electron chi connectivity index (χ2n) is 4.14. The Morgan fingerprint density at radius 2 is 2.53 bits per heavy atom. The summed E-state index contributed by atoms with van der Waals surface area (Å²) < 4.78 is 5.59. The Morgan fingerprint density at radius 3 is 3.20 bits per heavy atom. The molecule has 1 aromatic rings. The number of hydrogen-bond donors (Lipinski definition) is 0. The van der Waals surface area contributed by atoms with E-state index in [2.05, 4.69) is 16.0 Å². The van der Waals surface area contributed by atoms with Gasteiger partial charge < -0.3 is 9.64 Å². The zero-order valence-corrected chi connectivity index (χ0v) is 9.15. The second kappa shape index (κ2) is 3.65. The number of morpholine rings is 1. The van der Waals surface area contributed by atoms with E-state index in [0.29, 0.717) is 18.0 Å². The van der Waals surface area contributed by atoms with Crippen LogP contribution in [-0.2, 0) is 10.6 Å². The van der Waals surface area contributed by atoms with Gasteiger partial charge in [-0.2, -0.15) is 0 Å². The molecule has 15 heavy (non-hydrogen) atoms. The second-order valence-corrected chi connectivity index (χ2v) is 4.40. The molecule has 2 bridgehead atoms. The SMILES string of the molecule is ClCc1cnccc1N1CC2CC1CO2. The van der Waals surface area contributed by atoms with Crippen molar-refractivity contribution in [3.8, 4) is 0 Å². The van der Waals surface area contributed by atoms with Crippen LogP contribution in [0.3, 0.4) is 0 Å². The predicted molar refractivity (Wildman–Crippen MR) is 59.3 cm³/mol. The molecule has 3 heterocycles. The van der Waals surface area contributed by atoms with Gasteiger partial charge in [0.05, 0.1) is 24.6 Å². The van der Waals surface area contributed by atoms with Crippen LogP contribution in [-0.4, -0.2) is 30.3 Å². The molecule has 3 rings (SSSR count). The summed E-state index contributed by atoms with van der Waals surface area (Å²) >= 11 is 5.91. The fraction of sp³-hybridized carbons (Fsp3) is 0.545. The highest BCUT2D eigenvalue weighted by atomic mass is 35.5. The van der Waals surface area contributed by atoms with Crippen molar-refractivity contribution in [3.63, 3.8) is 0 Å². The lowest BCUT2D eigenvalue weighted by Gasteiger charge is -2.30. The molecule has 0 N–H and O–H groups in total. The first-order chi connectivity index (χ1) is 7.38. The minimum atomic E-state index is 0.423. The van der Waals surface area contributed by atoms with E-state index in [9.17, 15) is 0 Å². The average molecular weight is 225 g/mol. The molecule has 0 spiro atoms.